The highest BCUT2D eigenvalue weighted by molar-refractivity contribution is 7.13. The topological polar surface area (TPSA) is 58.3 Å². The molecule has 3 rings (SSSR count). The Morgan fingerprint density at radius 1 is 1.16 bits per heavy atom. The van der Waals surface area contributed by atoms with Gasteiger partial charge >= 0.3 is 0 Å². The van der Waals surface area contributed by atoms with Gasteiger partial charge in [0.1, 0.15) is 5.82 Å². The van der Waals surface area contributed by atoms with E-state index in [-0.39, 0.29) is 0 Å². The third-order valence-corrected chi connectivity index (χ3v) is 4.26. The normalized spacial score (nSPS) is 15.8. The van der Waals surface area contributed by atoms with E-state index in [9.17, 15) is 0 Å². The lowest BCUT2D eigenvalue weighted by molar-refractivity contribution is 0.646. The van der Waals surface area contributed by atoms with Crippen LogP contribution in [0.15, 0.2) is 23.8 Å². The minimum atomic E-state index is 0.755. The van der Waals surface area contributed by atoms with Crippen molar-refractivity contribution in [2.45, 2.75) is 6.92 Å². The minimum absolute atomic E-state index is 0.755. The number of nitrogens with two attached hydrogens (primary N) is 1. The highest BCUT2D eigenvalue weighted by Crippen LogP contribution is 2.22. The molecule has 0 aromatic carbocycles. The Labute approximate surface area is 116 Å². The van der Waals surface area contributed by atoms with Crippen molar-refractivity contribution in [2.24, 2.45) is 0 Å². The van der Waals surface area contributed by atoms with Crippen LogP contribution < -0.4 is 15.5 Å². The molecule has 0 aliphatic carbocycles. The lowest BCUT2D eigenvalue weighted by atomic mass is 10.2. The number of nitrogen functional groups attached to an aromatic ring is 1. The molecule has 6 heteroatoms. The summed E-state index contributed by atoms with van der Waals surface area (Å²) in [5.41, 5.74) is 7.65. The van der Waals surface area contributed by atoms with Gasteiger partial charge in [-0.15, -0.1) is 11.3 Å². The molecule has 2 aromatic heterocycles. The van der Waals surface area contributed by atoms with Crippen molar-refractivity contribution < 1.29 is 0 Å². The summed E-state index contributed by atoms with van der Waals surface area (Å²) in [6.45, 7) is 5.93. The van der Waals surface area contributed by atoms with Crippen LogP contribution in [-0.2, 0) is 0 Å². The van der Waals surface area contributed by atoms with Crippen molar-refractivity contribution >= 4 is 28.0 Å². The number of hydrogen-bond donors (Lipinski definition) is 1. The van der Waals surface area contributed by atoms with Crippen LogP contribution in [-0.4, -0.2) is 36.1 Å². The first-order valence-corrected chi connectivity index (χ1v) is 7.23. The molecule has 2 N–H and O–H groups in total. The van der Waals surface area contributed by atoms with E-state index in [0.717, 1.165) is 48.4 Å². The van der Waals surface area contributed by atoms with Crippen LogP contribution in [0.1, 0.15) is 5.56 Å². The van der Waals surface area contributed by atoms with Crippen LogP contribution in [0.4, 0.5) is 16.6 Å². The standard InChI is InChI=1S/C13H17N5S/c1-10-8-12(16-9-11(10)14)17-3-5-18(6-4-17)13-15-2-7-19-13/h2,7-9H,3-6,14H2,1H3. The van der Waals surface area contributed by atoms with Gasteiger partial charge in [-0.1, -0.05) is 0 Å². The molecule has 1 aliphatic heterocycles. The fourth-order valence-electron chi connectivity index (χ4n) is 2.22. The maximum Gasteiger partial charge on any atom is 0.185 e. The molecule has 2 aromatic rings. The van der Waals surface area contributed by atoms with Crippen LogP contribution in [0.5, 0.6) is 0 Å². The summed E-state index contributed by atoms with van der Waals surface area (Å²) < 4.78 is 0. The molecule has 0 radical (unpaired) electrons. The minimum Gasteiger partial charge on any atom is -0.397 e. The second kappa shape index (κ2) is 5.05. The van der Waals surface area contributed by atoms with Gasteiger partial charge in [0.25, 0.3) is 0 Å². The van der Waals surface area contributed by atoms with Crippen LogP contribution in [0.2, 0.25) is 0 Å². The van der Waals surface area contributed by atoms with E-state index < -0.39 is 0 Å². The number of aryl methyl sites for hydroxylation is 1. The molecule has 1 aliphatic rings. The molecular weight excluding hydrogens is 258 g/mol. The van der Waals surface area contributed by atoms with Crippen molar-refractivity contribution in [2.75, 3.05) is 41.7 Å². The zero-order chi connectivity index (χ0) is 13.2. The summed E-state index contributed by atoms with van der Waals surface area (Å²) in [5, 5.41) is 3.13. The Morgan fingerprint density at radius 2 is 1.89 bits per heavy atom. The van der Waals surface area contributed by atoms with Crippen molar-refractivity contribution in [3.63, 3.8) is 0 Å². The number of anilines is 3. The second-order valence-electron chi connectivity index (χ2n) is 4.69. The lowest BCUT2D eigenvalue weighted by Gasteiger charge is -2.35. The molecule has 0 spiro atoms. The Morgan fingerprint density at radius 3 is 2.53 bits per heavy atom. The quantitative estimate of drug-likeness (QED) is 0.905. The van der Waals surface area contributed by atoms with E-state index in [1.807, 2.05) is 18.5 Å². The van der Waals surface area contributed by atoms with Crippen molar-refractivity contribution in [3.05, 3.63) is 29.4 Å². The van der Waals surface area contributed by atoms with Crippen molar-refractivity contribution in [3.8, 4) is 0 Å². The molecule has 19 heavy (non-hydrogen) atoms. The Kier molecular flexibility index (Phi) is 3.25. The van der Waals surface area contributed by atoms with Crippen LogP contribution >= 0.6 is 11.3 Å². The van der Waals surface area contributed by atoms with Crippen molar-refractivity contribution in [1.82, 2.24) is 9.97 Å². The molecule has 0 saturated carbocycles. The summed E-state index contributed by atoms with van der Waals surface area (Å²) in [5.74, 6) is 1.02. The maximum atomic E-state index is 5.81. The molecule has 5 nitrogen and oxygen atoms in total. The third kappa shape index (κ3) is 2.49. The summed E-state index contributed by atoms with van der Waals surface area (Å²) in [6, 6.07) is 2.06. The molecule has 0 atom stereocenters. The molecule has 0 bridgehead atoms. The van der Waals surface area contributed by atoms with Gasteiger partial charge in [0.05, 0.1) is 11.9 Å². The number of aromatic nitrogens is 2. The average molecular weight is 275 g/mol. The molecule has 0 unspecified atom stereocenters. The van der Waals surface area contributed by atoms with Gasteiger partial charge in [-0.05, 0) is 18.6 Å². The molecule has 1 fully saturated rings. The second-order valence-corrected chi connectivity index (χ2v) is 5.56. The predicted molar refractivity (Wildman–Crippen MR) is 79.9 cm³/mol. The lowest BCUT2D eigenvalue weighted by Crippen LogP contribution is -2.46. The zero-order valence-corrected chi connectivity index (χ0v) is 11.7. The number of nitrogens with zero attached hydrogens (tertiary/aromatic N) is 4. The Bertz CT molecular complexity index is 546. The fourth-order valence-corrected chi connectivity index (χ4v) is 2.92. The fraction of sp³-hybridized carbons (Fsp3) is 0.385. The number of pyridine rings is 1. The van der Waals surface area contributed by atoms with Gasteiger partial charge in [0, 0.05) is 37.8 Å². The van der Waals surface area contributed by atoms with Crippen LogP contribution in [0, 0.1) is 6.92 Å². The van der Waals surface area contributed by atoms with Gasteiger partial charge in [-0.2, -0.15) is 0 Å². The molecular formula is C13H17N5S. The number of thiazole rings is 1. The van der Waals surface area contributed by atoms with E-state index in [1.54, 1.807) is 17.5 Å². The predicted octanol–water partition coefficient (Wildman–Crippen LogP) is 1.76. The van der Waals surface area contributed by atoms with E-state index in [1.165, 1.54) is 0 Å². The summed E-state index contributed by atoms with van der Waals surface area (Å²) in [7, 11) is 0. The van der Waals surface area contributed by atoms with Gasteiger partial charge in [-0.25, -0.2) is 9.97 Å². The largest absolute Gasteiger partial charge is 0.397 e. The van der Waals surface area contributed by atoms with E-state index >= 15 is 0 Å². The first-order valence-electron chi connectivity index (χ1n) is 6.35. The van der Waals surface area contributed by atoms with Gasteiger partial charge in [-0.3, -0.25) is 0 Å². The summed E-state index contributed by atoms with van der Waals surface area (Å²) >= 11 is 1.70. The van der Waals surface area contributed by atoms with Crippen LogP contribution in [0.25, 0.3) is 0 Å². The Balaban J connectivity index is 1.68. The van der Waals surface area contributed by atoms with E-state index in [2.05, 4.69) is 25.8 Å². The smallest absolute Gasteiger partial charge is 0.185 e. The maximum absolute atomic E-state index is 5.81. The van der Waals surface area contributed by atoms with Gasteiger partial charge in [0.2, 0.25) is 0 Å². The number of rotatable bonds is 2. The zero-order valence-electron chi connectivity index (χ0n) is 10.9. The first-order chi connectivity index (χ1) is 9.24. The SMILES string of the molecule is Cc1cc(N2CCN(c3nccs3)CC2)ncc1N. The third-order valence-electron chi connectivity index (χ3n) is 3.43. The van der Waals surface area contributed by atoms with Crippen LogP contribution in [0.3, 0.4) is 0 Å². The molecule has 1 saturated heterocycles. The number of piperazine rings is 1. The summed E-state index contributed by atoms with van der Waals surface area (Å²) in [6.07, 6.45) is 3.61. The van der Waals surface area contributed by atoms with Gasteiger partial charge < -0.3 is 15.5 Å². The number of hydrogen-bond acceptors (Lipinski definition) is 6. The van der Waals surface area contributed by atoms with Gasteiger partial charge in [0.15, 0.2) is 5.13 Å². The molecule has 3 heterocycles. The molecule has 0 amide bonds. The monoisotopic (exact) mass is 275 g/mol. The first kappa shape index (κ1) is 12.2. The van der Waals surface area contributed by atoms with E-state index in [4.69, 9.17) is 5.73 Å². The Hall–Kier alpha value is -1.82. The summed E-state index contributed by atoms with van der Waals surface area (Å²) in [4.78, 5) is 13.4. The highest BCUT2D eigenvalue weighted by Gasteiger charge is 2.19. The van der Waals surface area contributed by atoms with Crippen molar-refractivity contribution in [1.29, 1.82) is 0 Å². The average Bonchev–Trinajstić information content (AvgIpc) is 2.96. The molecule has 100 valence electrons. The van der Waals surface area contributed by atoms with E-state index in [0.29, 0.717) is 0 Å². The highest BCUT2D eigenvalue weighted by atomic mass is 32.1.